The largest absolute Gasteiger partial charge is 0.497 e. The summed E-state index contributed by atoms with van der Waals surface area (Å²) < 4.78 is 14.4. The number of aromatic amines is 1. The van der Waals surface area contributed by atoms with Gasteiger partial charge in [-0.2, -0.15) is 10.2 Å². The molecule has 0 unspecified atom stereocenters. The second-order valence-corrected chi connectivity index (χ2v) is 6.71. The van der Waals surface area contributed by atoms with Crippen LogP contribution in [0.25, 0.3) is 16.5 Å². The van der Waals surface area contributed by atoms with Gasteiger partial charge in [0.1, 0.15) is 17.3 Å². The van der Waals surface area contributed by atoms with E-state index in [1.54, 1.807) is 31.0 Å². The van der Waals surface area contributed by atoms with Crippen molar-refractivity contribution in [1.29, 1.82) is 0 Å². The van der Waals surface area contributed by atoms with Gasteiger partial charge in [0.2, 0.25) is 0 Å². The van der Waals surface area contributed by atoms with Crippen LogP contribution >= 0.6 is 12.2 Å². The van der Waals surface area contributed by atoms with Gasteiger partial charge in [-0.15, -0.1) is 0 Å². The van der Waals surface area contributed by atoms with E-state index < -0.39 is 0 Å². The molecule has 1 N–H and O–H groups in total. The molecule has 0 spiro atoms. The van der Waals surface area contributed by atoms with Gasteiger partial charge < -0.3 is 9.47 Å². The zero-order chi connectivity index (χ0) is 20.4. The highest BCUT2D eigenvalue weighted by Crippen LogP contribution is 2.28. The predicted molar refractivity (Wildman–Crippen MR) is 112 cm³/mol. The quantitative estimate of drug-likeness (QED) is 0.493. The number of H-pyrrole nitrogens is 1. The summed E-state index contributed by atoms with van der Waals surface area (Å²) in [5.74, 6) is 1.95. The number of fused-ring (bicyclic) bond motifs is 1. The van der Waals surface area contributed by atoms with Crippen LogP contribution in [0.3, 0.4) is 0 Å². The number of methoxy groups -OCH3 is 2. The van der Waals surface area contributed by atoms with E-state index in [0.717, 1.165) is 5.39 Å². The van der Waals surface area contributed by atoms with Crippen molar-refractivity contribution in [1.82, 2.24) is 24.5 Å². The van der Waals surface area contributed by atoms with Crippen molar-refractivity contribution in [2.75, 3.05) is 14.2 Å². The molecule has 8 nitrogen and oxygen atoms in total. The van der Waals surface area contributed by atoms with E-state index in [4.69, 9.17) is 21.7 Å². The van der Waals surface area contributed by atoms with Crippen LogP contribution in [0, 0.1) is 4.77 Å². The SMILES string of the molecule is COc1ccc(OC)c(-n2c(CCn3ncc4ccccc4c3=O)n[nH]c2=S)c1. The highest BCUT2D eigenvalue weighted by atomic mass is 32.1. The van der Waals surface area contributed by atoms with E-state index in [-0.39, 0.29) is 5.56 Å². The lowest BCUT2D eigenvalue weighted by Gasteiger charge is -2.13. The number of nitrogens with one attached hydrogen (secondary N) is 1. The number of ether oxygens (including phenoxy) is 2. The van der Waals surface area contributed by atoms with E-state index in [1.165, 1.54) is 4.68 Å². The first-order chi connectivity index (χ1) is 14.1. The minimum atomic E-state index is -0.136. The first-order valence-electron chi connectivity index (χ1n) is 8.96. The molecule has 0 radical (unpaired) electrons. The Bertz CT molecular complexity index is 1290. The minimum Gasteiger partial charge on any atom is -0.497 e. The Morgan fingerprint density at radius 2 is 1.97 bits per heavy atom. The Balaban J connectivity index is 1.70. The van der Waals surface area contributed by atoms with Crippen molar-refractivity contribution in [2.45, 2.75) is 13.0 Å². The molecule has 0 saturated heterocycles. The Hall–Kier alpha value is -3.46. The van der Waals surface area contributed by atoms with E-state index in [9.17, 15) is 4.79 Å². The molecule has 0 aliphatic rings. The molecule has 148 valence electrons. The molecular formula is C20H19N5O3S. The number of aryl methyl sites for hydroxylation is 2. The van der Waals surface area contributed by atoms with Crippen molar-refractivity contribution in [3.05, 3.63) is 69.6 Å². The van der Waals surface area contributed by atoms with E-state index >= 15 is 0 Å². The topological polar surface area (TPSA) is 87.0 Å². The highest BCUT2D eigenvalue weighted by molar-refractivity contribution is 7.71. The fourth-order valence-corrected chi connectivity index (χ4v) is 3.46. The average Bonchev–Trinajstić information content (AvgIpc) is 3.13. The van der Waals surface area contributed by atoms with Crippen LogP contribution in [0.5, 0.6) is 11.5 Å². The maximum Gasteiger partial charge on any atom is 0.274 e. The second kappa shape index (κ2) is 7.88. The zero-order valence-corrected chi connectivity index (χ0v) is 16.8. The molecule has 0 bridgehead atoms. The van der Waals surface area contributed by atoms with Gasteiger partial charge in [-0.25, -0.2) is 4.68 Å². The van der Waals surface area contributed by atoms with Crippen LogP contribution < -0.4 is 15.0 Å². The summed E-state index contributed by atoms with van der Waals surface area (Å²) in [4.78, 5) is 12.7. The average molecular weight is 409 g/mol. The first kappa shape index (κ1) is 18.9. The molecule has 0 aliphatic carbocycles. The van der Waals surface area contributed by atoms with Gasteiger partial charge in [-0.05, 0) is 30.4 Å². The third-order valence-corrected chi connectivity index (χ3v) is 4.95. The highest BCUT2D eigenvalue weighted by Gasteiger charge is 2.15. The second-order valence-electron chi connectivity index (χ2n) is 6.33. The number of benzene rings is 2. The van der Waals surface area contributed by atoms with E-state index in [2.05, 4.69) is 15.3 Å². The van der Waals surface area contributed by atoms with Crippen LogP contribution in [0.15, 0.2) is 53.5 Å². The van der Waals surface area contributed by atoms with Gasteiger partial charge in [-0.1, -0.05) is 18.2 Å². The maximum absolute atomic E-state index is 12.7. The van der Waals surface area contributed by atoms with Gasteiger partial charge >= 0.3 is 0 Å². The van der Waals surface area contributed by atoms with Crippen LogP contribution in [-0.4, -0.2) is 38.8 Å². The molecule has 0 amide bonds. The predicted octanol–water partition coefficient (Wildman–Crippen LogP) is 2.90. The maximum atomic E-state index is 12.7. The Labute approximate surface area is 171 Å². The first-order valence-corrected chi connectivity index (χ1v) is 9.36. The fourth-order valence-electron chi connectivity index (χ4n) is 3.21. The normalized spacial score (nSPS) is 11.0. The van der Waals surface area contributed by atoms with E-state index in [1.807, 2.05) is 36.4 Å². The molecule has 2 aromatic heterocycles. The van der Waals surface area contributed by atoms with Crippen molar-refractivity contribution in [3.63, 3.8) is 0 Å². The lowest BCUT2D eigenvalue weighted by atomic mass is 10.2. The fraction of sp³-hybridized carbons (Fsp3) is 0.200. The third-order valence-electron chi connectivity index (χ3n) is 4.68. The Kier molecular flexibility index (Phi) is 5.13. The summed E-state index contributed by atoms with van der Waals surface area (Å²) in [5, 5.41) is 12.9. The van der Waals surface area contributed by atoms with Gasteiger partial charge in [0.05, 0.1) is 38.0 Å². The van der Waals surface area contributed by atoms with Gasteiger partial charge in [-0.3, -0.25) is 14.5 Å². The molecule has 0 atom stereocenters. The van der Waals surface area contributed by atoms with Crippen molar-refractivity contribution >= 4 is 23.0 Å². The van der Waals surface area contributed by atoms with Gasteiger partial charge in [0.15, 0.2) is 4.77 Å². The van der Waals surface area contributed by atoms with Crippen LogP contribution in [0.4, 0.5) is 0 Å². The molecule has 0 aliphatic heterocycles. The molecule has 0 fully saturated rings. The summed E-state index contributed by atoms with van der Waals surface area (Å²) in [6.45, 7) is 0.357. The van der Waals surface area contributed by atoms with Crippen LogP contribution in [0.1, 0.15) is 5.82 Å². The molecule has 9 heteroatoms. The Morgan fingerprint density at radius 1 is 1.14 bits per heavy atom. The number of hydrogen-bond acceptors (Lipinski definition) is 6. The molecule has 4 rings (SSSR count). The Morgan fingerprint density at radius 3 is 2.76 bits per heavy atom. The lowest BCUT2D eigenvalue weighted by Crippen LogP contribution is -2.24. The van der Waals surface area contributed by atoms with Gasteiger partial charge in [0, 0.05) is 17.9 Å². The monoisotopic (exact) mass is 409 g/mol. The molecule has 0 saturated carbocycles. The minimum absolute atomic E-state index is 0.136. The number of rotatable bonds is 6. The number of nitrogens with zero attached hydrogens (tertiary/aromatic N) is 4. The van der Waals surface area contributed by atoms with Gasteiger partial charge in [0.25, 0.3) is 5.56 Å². The molecule has 29 heavy (non-hydrogen) atoms. The molecular weight excluding hydrogens is 390 g/mol. The summed E-state index contributed by atoms with van der Waals surface area (Å²) in [6, 6.07) is 12.8. The summed E-state index contributed by atoms with van der Waals surface area (Å²) in [7, 11) is 3.19. The summed E-state index contributed by atoms with van der Waals surface area (Å²) in [5.41, 5.74) is 0.571. The summed E-state index contributed by atoms with van der Waals surface area (Å²) in [6.07, 6.45) is 2.14. The number of hydrogen-bond donors (Lipinski definition) is 1. The number of aromatic nitrogens is 5. The van der Waals surface area contributed by atoms with E-state index in [0.29, 0.717) is 46.1 Å². The molecule has 4 aromatic rings. The molecule has 2 aromatic carbocycles. The van der Waals surface area contributed by atoms with Crippen LogP contribution in [-0.2, 0) is 13.0 Å². The van der Waals surface area contributed by atoms with Crippen LogP contribution in [0.2, 0.25) is 0 Å². The molecule has 2 heterocycles. The summed E-state index contributed by atoms with van der Waals surface area (Å²) >= 11 is 5.43. The standard InChI is InChI=1S/C20H19N5O3S/c1-27-14-7-8-17(28-2)16(11-14)25-18(22-23-20(25)29)9-10-24-19(26)15-6-4-3-5-13(15)12-21-24/h3-8,11-12H,9-10H2,1-2H3,(H,23,29). The van der Waals surface area contributed by atoms with Crippen molar-refractivity contribution < 1.29 is 9.47 Å². The lowest BCUT2D eigenvalue weighted by molar-refractivity contribution is 0.401. The smallest absolute Gasteiger partial charge is 0.274 e. The zero-order valence-electron chi connectivity index (χ0n) is 16.0. The third kappa shape index (κ3) is 3.52. The van der Waals surface area contributed by atoms with Crippen molar-refractivity contribution in [3.8, 4) is 17.2 Å². The van der Waals surface area contributed by atoms with Crippen molar-refractivity contribution in [2.24, 2.45) is 0 Å².